The van der Waals surface area contributed by atoms with E-state index in [4.69, 9.17) is 0 Å². The van der Waals surface area contributed by atoms with Crippen LogP contribution in [0, 0.1) is 0 Å². The van der Waals surface area contributed by atoms with Crippen LogP contribution in [-0.2, 0) is 11.2 Å². The average Bonchev–Trinajstić information content (AvgIpc) is 2.40. The van der Waals surface area contributed by atoms with Crippen molar-refractivity contribution in [1.29, 1.82) is 0 Å². The first kappa shape index (κ1) is 15.8. The maximum Gasteiger partial charge on any atom is 0.573 e. The summed E-state index contributed by atoms with van der Waals surface area (Å²) < 4.78 is 40.0. The van der Waals surface area contributed by atoms with E-state index < -0.39 is 11.9 Å². The standard InChI is InChI=1S/C15H18F3NO2/c1-14(8-2-3-9-19-14)13(20)10-11-4-6-12(7-5-11)21-15(16,17)18/h4-7,19H,2-3,8-10H2,1H3. The lowest BCUT2D eigenvalue weighted by Gasteiger charge is -2.33. The molecule has 1 aromatic rings. The molecule has 0 aliphatic carbocycles. The van der Waals surface area contributed by atoms with Gasteiger partial charge in [0.05, 0.1) is 5.54 Å². The lowest BCUT2D eigenvalue weighted by Crippen LogP contribution is -2.52. The molecule has 0 spiro atoms. The van der Waals surface area contributed by atoms with Crippen molar-refractivity contribution in [3.8, 4) is 5.75 Å². The van der Waals surface area contributed by atoms with Crippen molar-refractivity contribution in [1.82, 2.24) is 5.32 Å². The highest BCUT2D eigenvalue weighted by Crippen LogP contribution is 2.24. The maximum atomic E-state index is 12.3. The van der Waals surface area contributed by atoms with Crippen molar-refractivity contribution >= 4 is 5.78 Å². The smallest absolute Gasteiger partial charge is 0.406 e. The summed E-state index contributed by atoms with van der Waals surface area (Å²) in [6, 6.07) is 5.44. The van der Waals surface area contributed by atoms with Gasteiger partial charge in [0.1, 0.15) is 5.75 Å². The van der Waals surface area contributed by atoms with E-state index in [1.807, 2.05) is 6.92 Å². The first-order valence-electron chi connectivity index (χ1n) is 6.91. The second-order valence-electron chi connectivity index (χ2n) is 5.51. The Bertz CT molecular complexity index is 491. The topological polar surface area (TPSA) is 38.3 Å². The largest absolute Gasteiger partial charge is 0.573 e. The van der Waals surface area contributed by atoms with Gasteiger partial charge < -0.3 is 10.1 Å². The first-order chi connectivity index (χ1) is 9.78. The number of nitrogens with one attached hydrogen (secondary N) is 1. The lowest BCUT2D eigenvalue weighted by molar-refractivity contribution is -0.274. The molecule has 2 rings (SSSR count). The highest BCUT2D eigenvalue weighted by molar-refractivity contribution is 5.89. The van der Waals surface area contributed by atoms with Crippen molar-refractivity contribution in [3.63, 3.8) is 0 Å². The van der Waals surface area contributed by atoms with Crippen LogP contribution in [0.4, 0.5) is 13.2 Å². The zero-order valence-electron chi connectivity index (χ0n) is 11.8. The van der Waals surface area contributed by atoms with Crippen molar-refractivity contribution < 1.29 is 22.7 Å². The molecule has 0 bridgehead atoms. The maximum absolute atomic E-state index is 12.3. The molecular weight excluding hydrogens is 283 g/mol. The van der Waals surface area contributed by atoms with E-state index in [9.17, 15) is 18.0 Å². The number of ether oxygens (including phenoxy) is 1. The van der Waals surface area contributed by atoms with Gasteiger partial charge in [-0.3, -0.25) is 4.79 Å². The number of benzene rings is 1. The fourth-order valence-corrected chi connectivity index (χ4v) is 2.48. The normalized spacial score (nSPS) is 22.9. The quantitative estimate of drug-likeness (QED) is 0.928. The van der Waals surface area contributed by atoms with Gasteiger partial charge in [0.2, 0.25) is 0 Å². The molecular formula is C15H18F3NO2. The molecule has 1 N–H and O–H groups in total. The van der Waals surface area contributed by atoms with E-state index in [-0.39, 0.29) is 18.0 Å². The van der Waals surface area contributed by atoms with Crippen molar-refractivity contribution in [2.45, 2.75) is 44.5 Å². The zero-order chi connectivity index (χ0) is 15.5. The van der Waals surface area contributed by atoms with Gasteiger partial charge in [0.15, 0.2) is 5.78 Å². The average molecular weight is 301 g/mol. The van der Waals surface area contributed by atoms with Crippen LogP contribution >= 0.6 is 0 Å². The third-order valence-electron chi connectivity index (χ3n) is 3.76. The number of hydrogen-bond acceptors (Lipinski definition) is 3. The van der Waals surface area contributed by atoms with E-state index in [0.29, 0.717) is 5.56 Å². The fourth-order valence-electron chi connectivity index (χ4n) is 2.48. The summed E-state index contributed by atoms with van der Waals surface area (Å²) in [4.78, 5) is 12.3. The number of carbonyl (C=O) groups excluding carboxylic acids is 1. The third-order valence-corrected chi connectivity index (χ3v) is 3.76. The molecule has 3 nitrogen and oxygen atoms in total. The number of ketones is 1. The molecule has 1 aromatic carbocycles. The van der Waals surface area contributed by atoms with Crippen molar-refractivity contribution in [2.24, 2.45) is 0 Å². The Labute approximate surface area is 121 Å². The Morgan fingerprint density at radius 1 is 1.29 bits per heavy atom. The molecule has 0 saturated carbocycles. The second-order valence-corrected chi connectivity index (χ2v) is 5.51. The summed E-state index contributed by atoms with van der Waals surface area (Å²) in [6.07, 6.45) is -1.63. The highest BCUT2D eigenvalue weighted by atomic mass is 19.4. The van der Waals surface area contributed by atoms with Crippen LogP contribution in [0.5, 0.6) is 5.75 Å². The van der Waals surface area contributed by atoms with Gasteiger partial charge in [0.25, 0.3) is 0 Å². The van der Waals surface area contributed by atoms with E-state index in [1.54, 1.807) is 0 Å². The van der Waals surface area contributed by atoms with Crippen LogP contribution in [0.2, 0.25) is 0 Å². The number of halogens is 3. The van der Waals surface area contributed by atoms with Crippen LogP contribution in [0.15, 0.2) is 24.3 Å². The van der Waals surface area contributed by atoms with Crippen LogP contribution in [0.1, 0.15) is 31.7 Å². The molecule has 21 heavy (non-hydrogen) atoms. The molecule has 1 fully saturated rings. The molecule has 1 heterocycles. The summed E-state index contributed by atoms with van der Waals surface area (Å²) >= 11 is 0. The predicted octanol–water partition coefficient (Wildman–Crippen LogP) is 3.23. The van der Waals surface area contributed by atoms with E-state index in [0.717, 1.165) is 25.8 Å². The van der Waals surface area contributed by atoms with Gasteiger partial charge in [-0.25, -0.2) is 0 Å². The summed E-state index contributed by atoms with van der Waals surface area (Å²) in [5.74, 6) is -0.215. The van der Waals surface area contributed by atoms with Crippen LogP contribution in [0.3, 0.4) is 0 Å². The van der Waals surface area contributed by atoms with E-state index in [2.05, 4.69) is 10.1 Å². The van der Waals surface area contributed by atoms with E-state index >= 15 is 0 Å². The number of alkyl halides is 3. The van der Waals surface area contributed by atoms with Gasteiger partial charge in [-0.2, -0.15) is 0 Å². The Kier molecular flexibility index (Phi) is 4.56. The summed E-state index contributed by atoms with van der Waals surface area (Å²) in [5.41, 5.74) is 0.155. The predicted molar refractivity (Wildman–Crippen MR) is 72.1 cm³/mol. The van der Waals surface area contributed by atoms with Crippen molar-refractivity contribution in [2.75, 3.05) is 6.54 Å². The number of hydrogen-bond donors (Lipinski definition) is 1. The summed E-state index contributed by atoms with van der Waals surface area (Å²) in [7, 11) is 0. The van der Waals surface area contributed by atoms with E-state index in [1.165, 1.54) is 24.3 Å². The molecule has 1 aliphatic rings. The lowest BCUT2D eigenvalue weighted by atomic mass is 9.84. The number of Topliss-reactive ketones (excluding diaryl/α,β-unsaturated/α-hetero) is 1. The van der Waals surface area contributed by atoms with Gasteiger partial charge in [-0.15, -0.1) is 13.2 Å². The number of carbonyl (C=O) groups is 1. The van der Waals surface area contributed by atoms with Gasteiger partial charge in [-0.1, -0.05) is 12.1 Å². The summed E-state index contributed by atoms with van der Waals surface area (Å²) in [5, 5.41) is 3.23. The zero-order valence-corrected chi connectivity index (χ0v) is 11.8. The monoisotopic (exact) mass is 301 g/mol. The molecule has 116 valence electrons. The fraction of sp³-hybridized carbons (Fsp3) is 0.533. The third kappa shape index (κ3) is 4.46. The Hall–Kier alpha value is -1.56. The summed E-state index contributed by atoms with van der Waals surface area (Å²) in [6.45, 7) is 2.70. The van der Waals surface area contributed by atoms with Crippen LogP contribution in [-0.4, -0.2) is 24.2 Å². The SMILES string of the molecule is CC1(C(=O)Cc2ccc(OC(F)(F)F)cc2)CCCCN1. The molecule has 0 radical (unpaired) electrons. The number of rotatable bonds is 4. The highest BCUT2D eigenvalue weighted by Gasteiger charge is 2.34. The number of piperidine rings is 1. The van der Waals surface area contributed by atoms with Crippen molar-refractivity contribution in [3.05, 3.63) is 29.8 Å². The van der Waals surface area contributed by atoms with Gasteiger partial charge >= 0.3 is 6.36 Å². The minimum Gasteiger partial charge on any atom is -0.406 e. The van der Waals surface area contributed by atoms with Gasteiger partial charge in [0, 0.05) is 6.42 Å². The molecule has 0 aromatic heterocycles. The van der Waals surface area contributed by atoms with Gasteiger partial charge in [-0.05, 0) is 50.4 Å². The molecule has 0 amide bonds. The molecule has 1 unspecified atom stereocenters. The second kappa shape index (κ2) is 6.05. The Morgan fingerprint density at radius 2 is 1.95 bits per heavy atom. The minimum absolute atomic E-state index is 0.0617. The van der Waals surface area contributed by atoms with Crippen LogP contribution < -0.4 is 10.1 Å². The molecule has 1 atom stereocenters. The molecule has 6 heteroatoms. The minimum atomic E-state index is -4.70. The molecule has 1 saturated heterocycles. The Morgan fingerprint density at radius 3 is 2.48 bits per heavy atom. The first-order valence-corrected chi connectivity index (χ1v) is 6.91. The van der Waals surface area contributed by atoms with Crippen LogP contribution in [0.25, 0.3) is 0 Å². The Balaban J connectivity index is 1.98. The molecule has 1 aliphatic heterocycles.